The van der Waals surface area contributed by atoms with E-state index in [1.165, 1.54) is 13.1 Å². The molecule has 3 heteroatoms. The molecule has 1 rings (SSSR count). The largest absolute Gasteiger partial charge is 0.314 e. The first-order valence-corrected chi connectivity index (χ1v) is 3.96. The highest BCUT2D eigenvalue weighted by atomic mass is 15.3. The molecule has 2 N–H and O–H groups in total. The van der Waals surface area contributed by atoms with Crippen LogP contribution in [-0.4, -0.2) is 44.3 Å². The second-order valence-corrected chi connectivity index (χ2v) is 2.75. The van der Waals surface area contributed by atoms with Crippen molar-refractivity contribution < 1.29 is 0 Å². The average Bonchev–Trinajstić information content (AvgIpc) is 2.05. The van der Waals surface area contributed by atoms with Crippen LogP contribution in [0.15, 0.2) is 0 Å². The van der Waals surface area contributed by atoms with Crippen LogP contribution >= 0.6 is 0 Å². The summed E-state index contributed by atoms with van der Waals surface area (Å²) in [4.78, 5) is 2.44. The highest BCUT2D eigenvalue weighted by Gasteiger charge is 2.13. The van der Waals surface area contributed by atoms with E-state index in [4.69, 9.17) is 0 Å². The lowest BCUT2D eigenvalue weighted by molar-refractivity contribution is 0.165. The monoisotopic (exact) mass is 143 g/mol. The third kappa shape index (κ3) is 1.94. The lowest BCUT2D eigenvalue weighted by Crippen LogP contribution is -2.51. The molecule has 0 radical (unpaired) electrons. The van der Waals surface area contributed by atoms with Gasteiger partial charge in [0.2, 0.25) is 0 Å². The summed E-state index contributed by atoms with van der Waals surface area (Å²) in [5, 5.41) is 6.56. The van der Waals surface area contributed by atoms with E-state index in [0.717, 1.165) is 13.1 Å². The van der Waals surface area contributed by atoms with Gasteiger partial charge in [-0.15, -0.1) is 0 Å². The predicted octanol–water partition coefficient (Wildman–Crippen LogP) is -0.543. The molecule has 1 atom stereocenters. The van der Waals surface area contributed by atoms with Crippen LogP contribution in [0.1, 0.15) is 6.92 Å². The van der Waals surface area contributed by atoms with Gasteiger partial charge in [0.1, 0.15) is 0 Å². The molecule has 1 unspecified atom stereocenters. The van der Waals surface area contributed by atoms with Crippen molar-refractivity contribution in [2.45, 2.75) is 13.1 Å². The zero-order valence-corrected chi connectivity index (χ0v) is 6.85. The summed E-state index contributed by atoms with van der Waals surface area (Å²) in [5.74, 6) is 0. The van der Waals surface area contributed by atoms with E-state index in [9.17, 15) is 0 Å². The summed E-state index contributed by atoms with van der Waals surface area (Å²) in [6, 6.07) is 0. The first kappa shape index (κ1) is 7.98. The molecule has 60 valence electrons. The highest BCUT2D eigenvalue weighted by Crippen LogP contribution is 1.95. The van der Waals surface area contributed by atoms with E-state index in [1.54, 1.807) is 0 Å². The van der Waals surface area contributed by atoms with Crippen LogP contribution in [0.25, 0.3) is 0 Å². The zero-order valence-electron chi connectivity index (χ0n) is 6.85. The van der Waals surface area contributed by atoms with Crippen molar-refractivity contribution in [1.82, 2.24) is 15.5 Å². The summed E-state index contributed by atoms with van der Waals surface area (Å²) in [6.07, 6.45) is 0.530. The second kappa shape index (κ2) is 3.91. The molecule has 0 aliphatic carbocycles. The Morgan fingerprint density at radius 1 is 1.40 bits per heavy atom. The first-order valence-electron chi connectivity index (χ1n) is 3.96. The van der Waals surface area contributed by atoms with Crippen molar-refractivity contribution >= 4 is 0 Å². The summed E-state index contributed by atoms with van der Waals surface area (Å²) < 4.78 is 0. The minimum absolute atomic E-state index is 0.530. The van der Waals surface area contributed by atoms with Crippen molar-refractivity contribution in [2.24, 2.45) is 0 Å². The van der Waals surface area contributed by atoms with Crippen molar-refractivity contribution in [3.05, 3.63) is 0 Å². The molecule has 3 nitrogen and oxygen atoms in total. The number of piperazine rings is 1. The second-order valence-electron chi connectivity index (χ2n) is 2.75. The van der Waals surface area contributed by atoms with Gasteiger partial charge in [0.15, 0.2) is 0 Å². The van der Waals surface area contributed by atoms with Crippen molar-refractivity contribution in [2.75, 3.05) is 33.2 Å². The summed E-state index contributed by atoms with van der Waals surface area (Å²) in [5.41, 5.74) is 0. The molecule has 0 spiro atoms. The molecule has 0 amide bonds. The van der Waals surface area contributed by atoms with Gasteiger partial charge in [-0.2, -0.15) is 0 Å². The number of hydrogen-bond acceptors (Lipinski definition) is 3. The van der Waals surface area contributed by atoms with Gasteiger partial charge in [0.25, 0.3) is 0 Å². The fraction of sp³-hybridized carbons (Fsp3) is 1.00. The van der Waals surface area contributed by atoms with Gasteiger partial charge in [-0.1, -0.05) is 0 Å². The Hall–Kier alpha value is -0.120. The maximum atomic E-state index is 3.32. The van der Waals surface area contributed by atoms with E-state index in [2.05, 4.69) is 22.5 Å². The Kier molecular flexibility index (Phi) is 3.12. The number of rotatable bonds is 2. The van der Waals surface area contributed by atoms with Crippen LogP contribution in [-0.2, 0) is 0 Å². The predicted molar refractivity (Wildman–Crippen MR) is 43.0 cm³/mol. The highest BCUT2D eigenvalue weighted by molar-refractivity contribution is 4.70. The Balaban J connectivity index is 2.24. The van der Waals surface area contributed by atoms with E-state index in [1.807, 2.05) is 7.05 Å². The van der Waals surface area contributed by atoms with Gasteiger partial charge < -0.3 is 10.6 Å². The molecule has 10 heavy (non-hydrogen) atoms. The SMILES string of the molecule is CNC(C)N1CCNCC1. The molecule has 0 aromatic heterocycles. The molecule has 1 aliphatic heterocycles. The molecule has 1 heterocycles. The van der Waals surface area contributed by atoms with Crippen LogP contribution < -0.4 is 10.6 Å². The fourth-order valence-corrected chi connectivity index (χ4v) is 1.25. The normalized spacial score (nSPS) is 24.6. The van der Waals surface area contributed by atoms with E-state index < -0.39 is 0 Å². The standard InChI is InChI=1S/C7H17N3/c1-7(8-2)10-5-3-9-4-6-10/h7-9H,3-6H2,1-2H3. The molecule has 0 aromatic rings. The Morgan fingerprint density at radius 2 is 2.00 bits per heavy atom. The summed E-state index contributed by atoms with van der Waals surface area (Å²) in [7, 11) is 2.01. The molecule has 0 saturated carbocycles. The van der Waals surface area contributed by atoms with Crippen LogP contribution in [0.2, 0.25) is 0 Å². The lowest BCUT2D eigenvalue weighted by Gasteiger charge is -2.32. The van der Waals surface area contributed by atoms with Crippen LogP contribution in [0.5, 0.6) is 0 Å². The van der Waals surface area contributed by atoms with Gasteiger partial charge in [-0.25, -0.2) is 0 Å². The van der Waals surface area contributed by atoms with Gasteiger partial charge in [0, 0.05) is 26.2 Å². The minimum Gasteiger partial charge on any atom is -0.314 e. The van der Waals surface area contributed by atoms with Crippen LogP contribution in [0.3, 0.4) is 0 Å². The van der Waals surface area contributed by atoms with Crippen molar-refractivity contribution in [3.8, 4) is 0 Å². The maximum absolute atomic E-state index is 3.32. The summed E-state index contributed by atoms with van der Waals surface area (Å²) >= 11 is 0. The molecule has 0 aromatic carbocycles. The molecular formula is C7H17N3. The van der Waals surface area contributed by atoms with E-state index in [0.29, 0.717) is 6.17 Å². The Morgan fingerprint density at radius 3 is 2.50 bits per heavy atom. The quantitative estimate of drug-likeness (QED) is 0.543. The number of hydrogen-bond donors (Lipinski definition) is 2. The first-order chi connectivity index (χ1) is 4.84. The Labute approximate surface area is 62.8 Å². The number of nitrogens with zero attached hydrogens (tertiary/aromatic N) is 1. The number of nitrogens with one attached hydrogen (secondary N) is 2. The molecule has 0 bridgehead atoms. The smallest absolute Gasteiger partial charge is 0.0566 e. The van der Waals surface area contributed by atoms with Gasteiger partial charge in [-0.05, 0) is 14.0 Å². The summed E-state index contributed by atoms with van der Waals surface area (Å²) in [6.45, 7) is 6.80. The molecule has 1 aliphatic rings. The minimum atomic E-state index is 0.530. The topological polar surface area (TPSA) is 27.3 Å². The molecule has 1 saturated heterocycles. The molecular weight excluding hydrogens is 126 g/mol. The van der Waals surface area contributed by atoms with Crippen LogP contribution in [0.4, 0.5) is 0 Å². The van der Waals surface area contributed by atoms with E-state index >= 15 is 0 Å². The van der Waals surface area contributed by atoms with Crippen molar-refractivity contribution in [1.29, 1.82) is 0 Å². The lowest BCUT2D eigenvalue weighted by atomic mass is 10.3. The van der Waals surface area contributed by atoms with Crippen LogP contribution in [0, 0.1) is 0 Å². The van der Waals surface area contributed by atoms with E-state index in [-0.39, 0.29) is 0 Å². The van der Waals surface area contributed by atoms with Gasteiger partial charge in [-0.3, -0.25) is 4.90 Å². The molecule has 1 fully saturated rings. The van der Waals surface area contributed by atoms with Gasteiger partial charge in [0.05, 0.1) is 6.17 Å². The maximum Gasteiger partial charge on any atom is 0.0566 e. The average molecular weight is 143 g/mol. The Bertz CT molecular complexity index is 88.9. The van der Waals surface area contributed by atoms with Gasteiger partial charge >= 0.3 is 0 Å². The zero-order chi connectivity index (χ0) is 7.40. The van der Waals surface area contributed by atoms with Crippen molar-refractivity contribution in [3.63, 3.8) is 0 Å². The fourth-order valence-electron chi connectivity index (χ4n) is 1.25. The third-order valence-electron chi connectivity index (χ3n) is 2.12. The third-order valence-corrected chi connectivity index (χ3v) is 2.12.